The van der Waals surface area contributed by atoms with Gasteiger partial charge in [0.05, 0.1) is 0 Å². The molecule has 0 aromatic heterocycles. The molecule has 1 aliphatic rings. The third-order valence-corrected chi connectivity index (χ3v) is 6.15. The average molecular weight is 425 g/mol. The molecule has 3 rings (SSSR count). The van der Waals surface area contributed by atoms with E-state index in [9.17, 15) is 9.18 Å². The van der Waals surface area contributed by atoms with Crippen LogP contribution in [-0.4, -0.2) is 44.5 Å². The summed E-state index contributed by atoms with van der Waals surface area (Å²) in [7, 11) is 5.26. The highest BCUT2D eigenvalue weighted by Crippen LogP contribution is 2.39. The van der Waals surface area contributed by atoms with Crippen LogP contribution in [0.1, 0.15) is 53.6 Å². The Labute approximate surface area is 184 Å². The fourth-order valence-corrected chi connectivity index (χ4v) is 4.28. The zero-order chi connectivity index (χ0) is 22.3. The van der Waals surface area contributed by atoms with Gasteiger partial charge in [-0.1, -0.05) is 43.5 Å². The van der Waals surface area contributed by atoms with Crippen molar-refractivity contribution in [3.05, 3.63) is 71.0 Å². The van der Waals surface area contributed by atoms with Gasteiger partial charge < -0.3 is 15.5 Å². The third-order valence-electron chi connectivity index (χ3n) is 6.15. The first-order valence-electron chi connectivity index (χ1n) is 10.9. The molecule has 0 atom stereocenters. The van der Waals surface area contributed by atoms with E-state index in [0.717, 1.165) is 30.9 Å². The van der Waals surface area contributed by atoms with Crippen LogP contribution in [0.15, 0.2) is 53.5 Å². The van der Waals surface area contributed by atoms with Crippen LogP contribution in [0.3, 0.4) is 0 Å². The number of benzene rings is 2. The molecule has 5 nitrogen and oxygen atoms in total. The van der Waals surface area contributed by atoms with Gasteiger partial charge in [-0.2, -0.15) is 0 Å². The first-order chi connectivity index (χ1) is 14.9. The average Bonchev–Trinajstić information content (AvgIpc) is 2.80. The molecule has 2 aromatic rings. The minimum atomic E-state index is -0.196. The number of nitrogens with zero attached hydrogens (tertiary/aromatic N) is 2. The number of hydrogen-bond acceptors (Lipinski definition) is 2. The number of hydrogen-bond donors (Lipinski definition) is 2. The Balaban J connectivity index is 1.61. The molecule has 0 spiro atoms. The molecule has 1 amide bonds. The van der Waals surface area contributed by atoms with Crippen molar-refractivity contribution in [3.63, 3.8) is 0 Å². The number of amides is 1. The molecule has 0 aliphatic heterocycles. The standard InChI is InChI=1S/C25H33FN4O/c1-27-24(28-17-19-7-9-20(10-8-19)23(31)30(2)3)29-18-25(15-5-4-6-16-25)21-11-13-22(26)14-12-21/h7-14H,4-6,15-18H2,1-3H3,(H2,27,28,29). The number of aliphatic imine (C=N–C) groups is 1. The number of rotatable bonds is 6. The normalized spacial score (nSPS) is 15.9. The molecule has 166 valence electrons. The molecule has 1 saturated carbocycles. The summed E-state index contributed by atoms with van der Waals surface area (Å²) in [5.74, 6) is 0.537. The van der Waals surface area contributed by atoms with Gasteiger partial charge in [0.15, 0.2) is 5.96 Å². The van der Waals surface area contributed by atoms with Crippen molar-refractivity contribution in [1.29, 1.82) is 0 Å². The maximum absolute atomic E-state index is 13.5. The maximum Gasteiger partial charge on any atom is 0.253 e. The van der Waals surface area contributed by atoms with Gasteiger partial charge in [-0.25, -0.2) is 4.39 Å². The van der Waals surface area contributed by atoms with Gasteiger partial charge in [-0.05, 0) is 48.2 Å². The van der Waals surface area contributed by atoms with Crippen LogP contribution in [0.25, 0.3) is 0 Å². The van der Waals surface area contributed by atoms with Crippen molar-refractivity contribution in [1.82, 2.24) is 15.5 Å². The van der Waals surface area contributed by atoms with Crippen molar-refractivity contribution in [2.24, 2.45) is 4.99 Å². The fraction of sp³-hybridized carbons (Fsp3) is 0.440. The second kappa shape index (κ2) is 10.4. The Kier molecular flexibility index (Phi) is 7.66. The molecule has 0 bridgehead atoms. The number of carbonyl (C=O) groups is 1. The smallest absolute Gasteiger partial charge is 0.253 e. The van der Waals surface area contributed by atoms with Crippen LogP contribution >= 0.6 is 0 Å². The number of guanidine groups is 1. The Morgan fingerprint density at radius 2 is 1.65 bits per heavy atom. The van der Waals surface area contributed by atoms with E-state index in [4.69, 9.17) is 0 Å². The first kappa shape index (κ1) is 22.8. The summed E-state index contributed by atoms with van der Waals surface area (Å²) in [6.45, 7) is 1.37. The van der Waals surface area contributed by atoms with Gasteiger partial charge in [0.25, 0.3) is 5.91 Å². The van der Waals surface area contributed by atoms with Crippen molar-refractivity contribution < 1.29 is 9.18 Å². The van der Waals surface area contributed by atoms with Crippen molar-refractivity contribution in [2.45, 2.75) is 44.1 Å². The van der Waals surface area contributed by atoms with E-state index in [-0.39, 0.29) is 17.1 Å². The lowest BCUT2D eigenvalue weighted by molar-refractivity contribution is 0.0827. The van der Waals surface area contributed by atoms with E-state index in [1.54, 1.807) is 38.2 Å². The summed E-state index contributed by atoms with van der Waals surface area (Å²) in [4.78, 5) is 18.0. The van der Waals surface area contributed by atoms with E-state index in [1.165, 1.54) is 24.8 Å². The number of nitrogens with one attached hydrogen (secondary N) is 2. The van der Waals surface area contributed by atoms with Crippen LogP contribution in [-0.2, 0) is 12.0 Å². The van der Waals surface area contributed by atoms with Gasteiger partial charge >= 0.3 is 0 Å². The molecule has 0 unspecified atom stereocenters. The lowest BCUT2D eigenvalue weighted by Gasteiger charge is -2.38. The summed E-state index contributed by atoms with van der Waals surface area (Å²) in [5, 5.41) is 6.85. The second-order valence-electron chi connectivity index (χ2n) is 8.52. The minimum absolute atomic E-state index is 0.00222. The van der Waals surface area contributed by atoms with Gasteiger partial charge in [0, 0.05) is 45.2 Å². The van der Waals surface area contributed by atoms with Gasteiger partial charge in [0.1, 0.15) is 5.82 Å². The van der Waals surface area contributed by atoms with Gasteiger partial charge in [0.2, 0.25) is 0 Å². The lowest BCUT2D eigenvalue weighted by atomic mass is 9.69. The predicted octanol–water partition coefficient (Wildman–Crippen LogP) is 4.09. The van der Waals surface area contributed by atoms with Crippen LogP contribution in [0.5, 0.6) is 0 Å². The van der Waals surface area contributed by atoms with E-state index in [0.29, 0.717) is 12.1 Å². The number of carbonyl (C=O) groups excluding carboxylic acids is 1. The van der Waals surface area contributed by atoms with Crippen LogP contribution in [0, 0.1) is 5.82 Å². The van der Waals surface area contributed by atoms with E-state index in [2.05, 4.69) is 15.6 Å². The van der Waals surface area contributed by atoms with Crippen molar-refractivity contribution in [3.8, 4) is 0 Å². The summed E-state index contributed by atoms with van der Waals surface area (Å²) >= 11 is 0. The predicted molar refractivity (Wildman–Crippen MR) is 124 cm³/mol. The lowest BCUT2D eigenvalue weighted by Crippen LogP contribution is -2.46. The fourth-order valence-electron chi connectivity index (χ4n) is 4.28. The monoisotopic (exact) mass is 424 g/mol. The van der Waals surface area contributed by atoms with Gasteiger partial charge in [-0.15, -0.1) is 0 Å². The minimum Gasteiger partial charge on any atom is -0.356 e. The topological polar surface area (TPSA) is 56.7 Å². The highest BCUT2D eigenvalue weighted by atomic mass is 19.1. The summed E-state index contributed by atoms with van der Waals surface area (Å²) in [6.07, 6.45) is 5.79. The molecule has 0 radical (unpaired) electrons. The van der Waals surface area contributed by atoms with Crippen LogP contribution in [0.2, 0.25) is 0 Å². The molecular weight excluding hydrogens is 391 g/mol. The highest BCUT2D eigenvalue weighted by molar-refractivity contribution is 5.93. The Morgan fingerprint density at radius 1 is 1.00 bits per heavy atom. The molecule has 2 aromatic carbocycles. The van der Waals surface area contributed by atoms with E-state index in [1.807, 2.05) is 36.4 Å². The second-order valence-corrected chi connectivity index (χ2v) is 8.52. The molecular formula is C25H33FN4O. The van der Waals surface area contributed by atoms with Crippen molar-refractivity contribution >= 4 is 11.9 Å². The Morgan fingerprint density at radius 3 is 2.23 bits per heavy atom. The molecule has 1 fully saturated rings. The molecule has 0 saturated heterocycles. The zero-order valence-corrected chi connectivity index (χ0v) is 18.7. The summed E-state index contributed by atoms with van der Waals surface area (Å²) < 4.78 is 13.5. The van der Waals surface area contributed by atoms with E-state index < -0.39 is 0 Å². The Hall–Kier alpha value is -2.89. The number of halogens is 1. The van der Waals surface area contributed by atoms with Crippen molar-refractivity contribution in [2.75, 3.05) is 27.7 Å². The third kappa shape index (κ3) is 5.84. The quantitative estimate of drug-likeness (QED) is 0.542. The van der Waals surface area contributed by atoms with Crippen LogP contribution < -0.4 is 10.6 Å². The first-order valence-corrected chi connectivity index (χ1v) is 10.9. The molecule has 1 aliphatic carbocycles. The molecule has 2 N–H and O–H groups in total. The maximum atomic E-state index is 13.5. The van der Waals surface area contributed by atoms with Crippen LogP contribution in [0.4, 0.5) is 4.39 Å². The van der Waals surface area contributed by atoms with E-state index >= 15 is 0 Å². The molecule has 0 heterocycles. The Bertz CT molecular complexity index is 885. The summed E-state index contributed by atoms with van der Waals surface area (Å²) in [6, 6.07) is 14.6. The zero-order valence-electron chi connectivity index (χ0n) is 18.7. The molecule has 6 heteroatoms. The summed E-state index contributed by atoms with van der Waals surface area (Å²) in [5.41, 5.74) is 2.94. The largest absolute Gasteiger partial charge is 0.356 e. The molecule has 31 heavy (non-hydrogen) atoms. The van der Waals surface area contributed by atoms with Gasteiger partial charge in [-0.3, -0.25) is 9.79 Å². The SMILES string of the molecule is CN=C(NCc1ccc(C(=O)N(C)C)cc1)NCC1(c2ccc(F)cc2)CCCCC1. The highest BCUT2D eigenvalue weighted by Gasteiger charge is 2.34.